The molecule has 0 aromatic heterocycles. The van der Waals surface area contributed by atoms with Gasteiger partial charge in [0.15, 0.2) is 5.78 Å². The molecule has 0 heterocycles. The molecular formula is C14H18N2O2. The second-order valence-electron chi connectivity index (χ2n) is 4.35. The summed E-state index contributed by atoms with van der Waals surface area (Å²) < 4.78 is 5.16. The molecule has 0 bridgehead atoms. The number of ketones is 1. The third-order valence-corrected chi connectivity index (χ3v) is 2.63. The summed E-state index contributed by atoms with van der Waals surface area (Å²) in [6.45, 7) is 2.70. The van der Waals surface area contributed by atoms with Crippen LogP contribution in [0.3, 0.4) is 0 Å². The summed E-state index contributed by atoms with van der Waals surface area (Å²) in [5, 5.41) is 8.74. The summed E-state index contributed by atoms with van der Waals surface area (Å²) in [6.07, 6.45) is 0. The van der Waals surface area contributed by atoms with Crippen LogP contribution in [0, 0.1) is 17.2 Å². The van der Waals surface area contributed by atoms with E-state index in [9.17, 15) is 4.79 Å². The first-order valence-corrected chi connectivity index (χ1v) is 5.82. The van der Waals surface area contributed by atoms with Gasteiger partial charge >= 0.3 is 0 Å². The molecule has 96 valence electrons. The van der Waals surface area contributed by atoms with Crippen LogP contribution in [0.1, 0.15) is 17.3 Å². The van der Waals surface area contributed by atoms with Crippen LogP contribution in [0.2, 0.25) is 0 Å². The van der Waals surface area contributed by atoms with Gasteiger partial charge in [0, 0.05) is 6.54 Å². The summed E-state index contributed by atoms with van der Waals surface area (Å²) in [5.74, 6) is 0.504. The van der Waals surface area contributed by atoms with E-state index in [1.807, 2.05) is 31.0 Å². The minimum absolute atomic E-state index is 0.0000831. The zero-order valence-corrected chi connectivity index (χ0v) is 11.0. The first-order chi connectivity index (χ1) is 8.58. The van der Waals surface area contributed by atoms with Gasteiger partial charge in [0.1, 0.15) is 5.75 Å². The average Bonchev–Trinajstić information content (AvgIpc) is 2.38. The summed E-state index contributed by atoms with van der Waals surface area (Å²) >= 11 is 0. The lowest BCUT2D eigenvalue weighted by Crippen LogP contribution is -2.29. The zero-order valence-electron chi connectivity index (χ0n) is 11.0. The fourth-order valence-electron chi connectivity index (χ4n) is 1.78. The van der Waals surface area contributed by atoms with Gasteiger partial charge in [-0.3, -0.25) is 9.69 Å². The number of Topliss-reactive ketones (excluding diaryl/α,β-unsaturated/α-hetero) is 1. The second-order valence-corrected chi connectivity index (χ2v) is 4.35. The van der Waals surface area contributed by atoms with Crippen LogP contribution in [0.4, 0.5) is 0 Å². The smallest absolute Gasteiger partial charge is 0.180 e. The largest absolute Gasteiger partial charge is 0.496 e. The van der Waals surface area contributed by atoms with Crippen molar-refractivity contribution in [1.29, 1.82) is 5.26 Å². The zero-order chi connectivity index (χ0) is 13.5. The molecule has 0 spiro atoms. The third-order valence-electron chi connectivity index (χ3n) is 2.63. The average molecular weight is 246 g/mol. The van der Waals surface area contributed by atoms with Gasteiger partial charge in [-0.1, -0.05) is 12.1 Å². The van der Waals surface area contributed by atoms with E-state index in [1.54, 1.807) is 19.2 Å². The maximum Gasteiger partial charge on any atom is 0.180 e. The van der Waals surface area contributed by atoms with Crippen molar-refractivity contribution < 1.29 is 9.53 Å². The Balaban J connectivity index is 2.68. The molecule has 0 saturated heterocycles. The van der Waals surface area contributed by atoms with Crippen molar-refractivity contribution in [2.24, 2.45) is 5.92 Å². The minimum Gasteiger partial charge on any atom is -0.496 e. The van der Waals surface area contributed by atoms with Crippen LogP contribution in [-0.2, 0) is 0 Å². The molecule has 18 heavy (non-hydrogen) atoms. The van der Waals surface area contributed by atoms with Gasteiger partial charge < -0.3 is 4.74 Å². The topological polar surface area (TPSA) is 53.3 Å². The summed E-state index contributed by atoms with van der Waals surface area (Å²) in [6, 6.07) is 9.32. The van der Waals surface area contributed by atoms with E-state index in [2.05, 4.69) is 6.07 Å². The number of likely N-dealkylation sites (N-methyl/N-ethyl adjacent to an activating group) is 1. The Hall–Kier alpha value is -1.86. The highest BCUT2D eigenvalue weighted by molar-refractivity contribution is 6.00. The number of rotatable bonds is 6. The monoisotopic (exact) mass is 246 g/mol. The van der Waals surface area contributed by atoms with Crippen LogP contribution in [0.25, 0.3) is 0 Å². The normalized spacial score (nSPS) is 11.9. The Labute approximate surface area is 108 Å². The molecule has 0 aliphatic rings. The number of ether oxygens (including phenoxy) is 1. The predicted octanol–water partition coefficient (Wildman–Crippen LogP) is 1.97. The van der Waals surface area contributed by atoms with E-state index >= 15 is 0 Å². The standard InChI is InChI=1S/C14H18N2O2/c1-11(8-15)9-16(2)10-13(17)12-6-4-5-7-14(12)18-3/h4-7,11H,9-10H2,1-3H3. The third kappa shape index (κ3) is 3.86. The van der Waals surface area contributed by atoms with Gasteiger partial charge in [-0.25, -0.2) is 0 Å². The Kier molecular flexibility index (Phi) is 5.34. The number of nitriles is 1. The molecule has 0 fully saturated rings. The Morgan fingerprint density at radius 3 is 2.78 bits per heavy atom. The van der Waals surface area contributed by atoms with Crippen LogP contribution >= 0.6 is 0 Å². The molecular weight excluding hydrogens is 228 g/mol. The van der Waals surface area contributed by atoms with E-state index < -0.39 is 0 Å². The van der Waals surface area contributed by atoms with Crippen molar-refractivity contribution in [3.8, 4) is 11.8 Å². The number of carbonyl (C=O) groups is 1. The number of carbonyl (C=O) groups excluding carboxylic acids is 1. The molecule has 1 aromatic rings. The minimum atomic E-state index is -0.0829. The lowest BCUT2D eigenvalue weighted by atomic mass is 10.1. The van der Waals surface area contributed by atoms with Gasteiger partial charge in [-0.05, 0) is 26.1 Å². The number of methoxy groups -OCH3 is 1. The molecule has 1 aromatic carbocycles. The first kappa shape index (κ1) is 14.2. The van der Waals surface area contributed by atoms with Crippen molar-refractivity contribution in [2.75, 3.05) is 27.2 Å². The molecule has 4 nitrogen and oxygen atoms in total. The SMILES string of the molecule is COc1ccccc1C(=O)CN(C)CC(C)C#N. The van der Waals surface area contributed by atoms with E-state index in [4.69, 9.17) is 10.00 Å². The number of nitrogens with zero attached hydrogens (tertiary/aromatic N) is 2. The molecule has 0 aliphatic carbocycles. The Bertz CT molecular complexity index is 451. The molecule has 0 N–H and O–H groups in total. The summed E-state index contributed by atoms with van der Waals surface area (Å²) in [4.78, 5) is 13.9. The molecule has 1 atom stereocenters. The lowest BCUT2D eigenvalue weighted by Gasteiger charge is -2.17. The van der Waals surface area contributed by atoms with Crippen LogP contribution in [0.15, 0.2) is 24.3 Å². The molecule has 1 unspecified atom stereocenters. The van der Waals surface area contributed by atoms with Crippen LogP contribution in [-0.4, -0.2) is 37.9 Å². The van der Waals surface area contributed by atoms with E-state index in [0.29, 0.717) is 17.9 Å². The van der Waals surface area contributed by atoms with Crippen molar-refractivity contribution in [1.82, 2.24) is 4.90 Å². The number of benzene rings is 1. The van der Waals surface area contributed by atoms with Gasteiger partial charge in [0.25, 0.3) is 0 Å². The van der Waals surface area contributed by atoms with Gasteiger partial charge in [0.2, 0.25) is 0 Å². The lowest BCUT2D eigenvalue weighted by molar-refractivity contribution is 0.0940. The first-order valence-electron chi connectivity index (χ1n) is 5.82. The maximum absolute atomic E-state index is 12.1. The van der Waals surface area contributed by atoms with Crippen LogP contribution < -0.4 is 4.74 Å². The fraction of sp³-hybridized carbons (Fsp3) is 0.429. The molecule has 0 aliphatic heterocycles. The molecule has 4 heteroatoms. The van der Waals surface area contributed by atoms with Crippen molar-refractivity contribution in [2.45, 2.75) is 6.92 Å². The highest BCUT2D eigenvalue weighted by Crippen LogP contribution is 2.18. The molecule has 0 amide bonds. The summed E-state index contributed by atoms with van der Waals surface area (Å²) in [5.41, 5.74) is 0.580. The van der Waals surface area contributed by atoms with E-state index in [1.165, 1.54) is 0 Å². The maximum atomic E-state index is 12.1. The van der Waals surface area contributed by atoms with Gasteiger partial charge in [-0.2, -0.15) is 5.26 Å². The fourth-order valence-corrected chi connectivity index (χ4v) is 1.78. The molecule has 0 saturated carbocycles. The van der Waals surface area contributed by atoms with Gasteiger partial charge in [0.05, 0.1) is 31.2 Å². The Morgan fingerprint density at radius 1 is 1.50 bits per heavy atom. The van der Waals surface area contributed by atoms with Gasteiger partial charge in [-0.15, -0.1) is 0 Å². The number of hydrogen-bond donors (Lipinski definition) is 0. The van der Waals surface area contributed by atoms with Crippen molar-refractivity contribution in [3.63, 3.8) is 0 Å². The van der Waals surface area contributed by atoms with E-state index in [0.717, 1.165) is 0 Å². The predicted molar refractivity (Wildman–Crippen MR) is 69.6 cm³/mol. The van der Waals surface area contributed by atoms with Crippen molar-refractivity contribution >= 4 is 5.78 Å². The van der Waals surface area contributed by atoms with E-state index in [-0.39, 0.29) is 18.2 Å². The summed E-state index contributed by atoms with van der Waals surface area (Å²) in [7, 11) is 3.38. The quantitative estimate of drug-likeness (QED) is 0.720. The molecule has 0 radical (unpaired) electrons. The number of para-hydroxylation sites is 1. The highest BCUT2D eigenvalue weighted by atomic mass is 16.5. The van der Waals surface area contributed by atoms with Crippen molar-refractivity contribution in [3.05, 3.63) is 29.8 Å². The van der Waals surface area contributed by atoms with Crippen LogP contribution in [0.5, 0.6) is 5.75 Å². The number of hydrogen-bond acceptors (Lipinski definition) is 4. The highest BCUT2D eigenvalue weighted by Gasteiger charge is 2.14. The second kappa shape index (κ2) is 6.77. The molecule has 1 rings (SSSR count). The Morgan fingerprint density at radius 2 is 2.17 bits per heavy atom.